The van der Waals surface area contributed by atoms with E-state index in [4.69, 9.17) is 0 Å². The van der Waals surface area contributed by atoms with Crippen LogP contribution in [0.3, 0.4) is 0 Å². The number of aryl methyl sites for hydroxylation is 1. The summed E-state index contributed by atoms with van der Waals surface area (Å²) in [5, 5.41) is 22.5. The first-order valence-electron chi connectivity index (χ1n) is 9.12. The normalized spacial score (nSPS) is 11.8. The van der Waals surface area contributed by atoms with Crippen LogP contribution in [-0.4, -0.2) is 30.8 Å². The summed E-state index contributed by atoms with van der Waals surface area (Å²) in [6.45, 7) is 6.32. The molecule has 1 heterocycles. The summed E-state index contributed by atoms with van der Waals surface area (Å²) in [6.07, 6.45) is 0. The van der Waals surface area contributed by atoms with Gasteiger partial charge in [-0.15, -0.1) is 10.2 Å². The van der Waals surface area contributed by atoms with Gasteiger partial charge in [-0.1, -0.05) is 30.0 Å². The Morgan fingerprint density at radius 3 is 2.52 bits per heavy atom. The van der Waals surface area contributed by atoms with Gasteiger partial charge in [0.05, 0.1) is 10.2 Å². The lowest BCUT2D eigenvalue weighted by Gasteiger charge is -2.14. The third-order valence-electron chi connectivity index (χ3n) is 4.42. The van der Waals surface area contributed by atoms with E-state index < -0.39 is 4.92 Å². The van der Waals surface area contributed by atoms with Crippen molar-refractivity contribution in [3.63, 3.8) is 0 Å². The van der Waals surface area contributed by atoms with Gasteiger partial charge < -0.3 is 9.88 Å². The minimum Gasteiger partial charge on any atom is -0.325 e. The summed E-state index contributed by atoms with van der Waals surface area (Å²) in [5.41, 5.74) is 2.53. The predicted molar refractivity (Wildman–Crippen MR) is 113 cm³/mol. The van der Waals surface area contributed by atoms with Gasteiger partial charge in [0, 0.05) is 29.9 Å². The second-order valence-electron chi connectivity index (χ2n) is 6.42. The standard InChI is InChI=1S/C20H21N5O3S/c1-4-24-18(15-9-11-16(12-10-15)25(27)28)22-23-20(24)29-14(3)19(26)21-17-8-6-5-7-13(17)2/h5-12,14H,4H2,1-3H3,(H,21,26). The largest absolute Gasteiger partial charge is 0.325 e. The van der Waals surface area contributed by atoms with Gasteiger partial charge in [0.1, 0.15) is 0 Å². The average Bonchev–Trinajstić information content (AvgIpc) is 3.12. The van der Waals surface area contributed by atoms with Gasteiger partial charge in [-0.2, -0.15) is 0 Å². The van der Waals surface area contributed by atoms with Crippen LogP contribution in [0.25, 0.3) is 11.4 Å². The lowest BCUT2D eigenvalue weighted by atomic mass is 10.2. The summed E-state index contributed by atoms with van der Waals surface area (Å²) in [6, 6.07) is 13.8. The molecule has 0 bridgehead atoms. The van der Waals surface area contributed by atoms with Crippen LogP contribution in [0, 0.1) is 17.0 Å². The van der Waals surface area contributed by atoms with E-state index in [9.17, 15) is 14.9 Å². The van der Waals surface area contributed by atoms with Crippen molar-refractivity contribution >= 4 is 29.0 Å². The molecular weight excluding hydrogens is 390 g/mol. The summed E-state index contributed by atoms with van der Waals surface area (Å²) >= 11 is 1.32. The smallest absolute Gasteiger partial charge is 0.269 e. The minimum atomic E-state index is -0.440. The molecule has 0 aliphatic heterocycles. The molecule has 1 N–H and O–H groups in total. The van der Waals surface area contributed by atoms with Gasteiger partial charge in [0.2, 0.25) is 5.91 Å². The Morgan fingerprint density at radius 1 is 1.21 bits per heavy atom. The number of thioether (sulfide) groups is 1. The van der Waals surface area contributed by atoms with E-state index in [2.05, 4.69) is 15.5 Å². The van der Waals surface area contributed by atoms with Crippen molar-refractivity contribution in [2.45, 2.75) is 37.7 Å². The Bertz CT molecular complexity index is 1030. The number of nitro benzene ring substituents is 1. The van der Waals surface area contributed by atoms with Gasteiger partial charge in [-0.3, -0.25) is 14.9 Å². The lowest BCUT2D eigenvalue weighted by Crippen LogP contribution is -2.23. The number of nitrogens with zero attached hydrogens (tertiary/aromatic N) is 4. The fourth-order valence-corrected chi connectivity index (χ4v) is 3.68. The summed E-state index contributed by atoms with van der Waals surface area (Å²) in [5.74, 6) is 0.489. The monoisotopic (exact) mass is 411 g/mol. The number of hydrogen-bond donors (Lipinski definition) is 1. The average molecular weight is 411 g/mol. The number of rotatable bonds is 7. The molecule has 0 spiro atoms. The number of carbonyl (C=O) groups excluding carboxylic acids is 1. The van der Waals surface area contributed by atoms with Crippen molar-refractivity contribution in [1.82, 2.24) is 14.8 Å². The predicted octanol–water partition coefficient (Wildman–Crippen LogP) is 4.30. The zero-order chi connectivity index (χ0) is 21.0. The first-order chi connectivity index (χ1) is 13.9. The molecule has 29 heavy (non-hydrogen) atoms. The molecule has 2 aromatic carbocycles. The number of amides is 1. The number of para-hydroxylation sites is 1. The Balaban J connectivity index is 1.76. The minimum absolute atomic E-state index is 0.0208. The number of benzene rings is 2. The van der Waals surface area contributed by atoms with E-state index in [1.807, 2.05) is 49.6 Å². The molecule has 1 amide bonds. The summed E-state index contributed by atoms with van der Waals surface area (Å²) < 4.78 is 1.89. The molecule has 8 nitrogen and oxygen atoms in total. The molecule has 1 unspecified atom stereocenters. The van der Waals surface area contributed by atoms with E-state index in [0.29, 0.717) is 17.5 Å². The number of aromatic nitrogens is 3. The third kappa shape index (κ3) is 4.62. The number of nitro groups is 1. The number of non-ortho nitro benzene ring substituents is 1. The lowest BCUT2D eigenvalue weighted by molar-refractivity contribution is -0.384. The summed E-state index contributed by atoms with van der Waals surface area (Å²) in [4.78, 5) is 23.0. The van der Waals surface area contributed by atoms with E-state index >= 15 is 0 Å². The van der Waals surface area contributed by atoms with Crippen LogP contribution in [0.5, 0.6) is 0 Å². The Hall–Kier alpha value is -3.20. The first kappa shape index (κ1) is 20.5. The number of nitrogens with one attached hydrogen (secondary N) is 1. The number of anilines is 1. The van der Waals surface area contributed by atoms with Crippen LogP contribution >= 0.6 is 11.8 Å². The highest BCUT2D eigenvalue weighted by Gasteiger charge is 2.21. The molecule has 0 aliphatic carbocycles. The van der Waals surface area contributed by atoms with Crippen molar-refractivity contribution in [2.75, 3.05) is 5.32 Å². The first-order valence-corrected chi connectivity index (χ1v) is 9.99. The van der Waals surface area contributed by atoms with Crippen molar-refractivity contribution in [1.29, 1.82) is 0 Å². The molecule has 9 heteroatoms. The zero-order valence-electron chi connectivity index (χ0n) is 16.3. The van der Waals surface area contributed by atoms with Crippen LogP contribution in [0.4, 0.5) is 11.4 Å². The van der Waals surface area contributed by atoms with Crippen LogP contribution in [-0.2, 0) is 11.3 Å². The summed E-state index contributed by atoms with van der Waals surface area (Å²) in [7, 11) is 0. The van der Waals surface area contributed by atoms with Gasteiger partial charge in [0.15, 0.2) is 11.0 Å². The van der Waals surface area contributed by atoms with Gasteiger partial charge >= 0.3 is 0 Å². The van der Waals surface area contributed by atoms with Crippen LogP contribution in [0.15, 0.2) is 53.7 Å². The SMILES string of the molecule is CCn1c(SC(C)C(=O)Nc2ccccc2C)nnc1-c1ccc([N+](=O)[O-])cc1. The maximum Gasteiger partial charge on any atom is 0.269 e. The Labute approximate surface area is 172 Å². The molecule has 0 saturated carbocycles. The van der Waals surface area contributed by atoms with E-state index in [1.54, 1.807) is 12.1 Å². The van der Waals surface area contributed by atoms with Crippen LogP contribution in [0.1, 0.15) is 19.4 Å². The highest BCUT2D eigenvalue weighted by Crippen LogP contribution is 2.28. The van der Waals surface area contributed by atoms with Crippen molar-refractivity contribution in [3.05, 3.63) is 64.2 Å². The van der Waals surface area contributed by atoms with Crippen LogP contribution in [0.2, 0.25) is 0 Å². The maximum absolute atomic E-state index is 12.6. The van der Waals surface area contributed by atoms with E-state index in [1.165, 1.54) is 23.9 Å². The van der Waals surface area contributed by atoms with Crippen molar-refractivity contribution in [2.24, 2.45) is 0 Å². The molecular formula is C20H21N5O3S. The highest BCUT2D eigenvalue weighted by molar-refractivity contribution is 8.00. The van der Waals surface area contributed by atoms with Crippen LogP contribution < -0.4 is 5.32 Å². The molecule has 3 rings (SSSR count). The van der Waals surface area contributed by atoms with Gasteiger partial charge in [0.25, 0.3) is 5.69 Å². The Morgan fingerprint density at radius 2 is 1.90 bits per heavy atom. The quantitative estimate of drug-likeness (QED) is 0.353. The third-order valence-corrected chi connectivity index (χ3v) is 5.50. The Kier molecular flexibility index (Phi) is 6.28. The van der Waals surface area contributed by atoms with E-state index in [0.717, 1.165) is 16.8 Å². The zero-order valence-corrected chi connectivity index (χ0v) is 17.1. The molecule has 1 aromatic heterocycles. The second-order valence-corrected chi connectivity index (χ2v) is 7.73. The molecule has 0 saturated heterocycles. The fourth-order valence-electron chi connectivity index (χ4n) is 2.77. The molecule has 0 fully saturated rings. The molecule has 0 radical (unpaired) electrons. The van der Waals surface area contributed by atoms with Crippen molar-refractivity contribution in [3.8, 4) is 11.4 Å². The van der Waals surface area contributed by atoms with Gasteiger partial charge in [-0.25, -0.2) is 0 Å². The molecule has 1 atom stereocenters. The number of hydrogen-bond acceptors (Lipinski definition) is 6. The van der Waals surface area contributed by atoms with Gasteiger partial charge in [-0.05, 0) is 44.5 Å². The molecule has 0 aliphatic rings. The topological polar surface area (TPSA) is 103 Å². The number of carbonyl (C=O) groups is 1. The molecule has 3 aromatic rings. The van der Waals surface area contributed by atoms with Crippen molar-refractivity contribution < 1.29 is 9.72 Å². The maximum atomic E-state index is 12.6. The highest BCUT2D eigenvalue weighted by atomic mass is 32.2. The second kappa shape index (κ2) is 8.87. The fraction of sp³-hybridized carbons (Fsp3) is 0.250. The molecule has 150 valence electrons. The van der Waals surface area contributed by atoms with E-state index in [-0.39, 0.29) is 16.8 Å².